The lowest BCUT2D eigenvalue weighted by Gasteiger charge is -2.37. The zero-order valence-electron chi connectivity index (χ0n) is 8.28. The summed E-state index contributed by atoms with van der Waals surface area (Å²) < 4.78 is 28.0. The lowest BCUT2D eigenvalue weighted by atomic mass is 9.86. The van der Waals surface area contributed by atoms with Gasteiger partial charge in [0.2, 0.25) is 0 Å². The van der Waals surface area contributed by atoms with Gasteiger partial charge in [0.25, 0.3) is 10.1 Å². The zero-order valence-corrected chi connectivity index (χ0v) is 9.10. The van der Waals surface area contributed by atoms with E-state index < -0.39 is 15.7 Å². The summed E-state index contributed by atoms with van der Waals surface area (Å²) in [6.45, 7) is 6.11. The Morgan fingerprint density at radius 1 is 1.38 bits per heavy atom. The molecule has 0 amide bonds. The first-order chi connectivity index (χ1) is 5.85. The molecular weight excluding hydrogens is 188 g/mol. The van der Waals surface area contributed by atoms with Crippen LogP contribution in [0.4, 0.5) is 0 Å². The molecule has 13 heavy (non-hydrogen) atoms. The van der Waals surface area contributed by atoms with Gasteiger partial charge < -0.3 is 0 Å². The summed E-state index contributed by atoms with van der Waals surface area (Å²) in [5, 5.41) is 0. The van der Waals surface area contributed by atoms with E-state index in [1.54, 1.807) is 0 Å². The first-order valence-electron chi connectivity index (χ1n) is 4.78. The van der Waals surface area contributed by atoms with Crippen molar-refractivity contribution in [2.24, 2.45) is 17.8 Å². The molecule has 1 aliphatic heterocycles. The maximum absolute atomic E-state index is 11.4. The summed E-state index contributed by atoms with van der Waals surface area (Å²) >= 11 is 0. The fourth-order valence-corrected chi connectivity index (χ4v) is 4.63. The van der Waals surface area contributed by atoms with Gasteiger partial charge in [0, 0.05) is 0 Å². The van der Waals surface area contributed by atoms with E-state index in [1.807, 2.05) is 6.92 Å². The van der Waals surface area contributed by atoms with Crippen LogP contribution in [0.15, 0.2) is 0 Å². The first kappa shape index (κ1) is 9.46. The maximum atomic E-state index is 11.4. The molecule has 1 aliphatic carbocycles. The molecule has 0 aromatic carbocycles. The summed E-state index contributed by atoms with van der Waals surface area (Å²) in [4.78, 5) is 0. The molecule has 4 unspecified atom stereocenters. The molecule has 1 saturated carbocycles. The number of hydrogen-bond acceptors (Lipinski definition) is 3. The Bertz CT molecular complexity index is 322. The van der Waals surface area contributed by atoms with Gasteiger partial charge in [-0.25, -0.2) is 0 Å². The molecule has 1 saturated heterocycles. The molecule has 4 heteroatoms. The van der Waals surface area contributed by atoms with Crippen molar-refractivity contribution in [1.82, 2.24) is 0 Å². The minimum Gasteiger partial charge on any atom is -0.263 e. The van der Waals surface area contributed by atoms with Crippen molar-refractivity contribution < 1.29 is 12.6 Å². The minimum atomic E-state index is -3.24. The number of fused-ring (bicyclic) bond motifs is 2. The third-order valence-electron chi connectivity index (χ3n) is 3.97. The van der Waals surface area contributed by atoms with Crippen molar-refractivity contribution in [3.05, 3.63) is 0 Å². The predicted molar refractivity (Wildman–Crippen MR) is 49.7 cm³/mol. The third kappa shape index (κ3) is 1.22. The standard InChI is InChI=1S/C9H16O3S/c1-6-4-8-5-13(10,11)12-9(6,3)7(8)2/h6-8H,4-5H2,1-3H3. The van der Waals surface area contributed by atoms with Crippen LogP contribution in [0.5, 0.6) is 0 Å². The van der Waals surface area contributed by atoms with Crippen molar-refractivity contribution in [1.29, 1.82) is 0 Å². The van der Waals surface area contributed by atoms with Crippen LogP contribution < -0.4 is 0 Å². The monoisotopic (exact) mass is 204 g/mol. The van der Waals surface area contributed by atoms with E-state index in [1.165, 1.54) is 0 Å². The summed E-state index contributed by atoms with van der Waals surface area (Å²) in [6.07, 6.45) is 0.983. The van der Waals surface area contributed by atoms with Crippen LogP contribution in [0.3, 0.4) is 0 Å². The van der Waals surface area contributed by atoms with Crippen molar-refractivity contribution in [3.63, 3.8) is 0 Å². The molecule has 1 heterocycles. The fourth-order valence-electron chi connectivity index (χ4n) is 2.75. The molecule has 4 atom stereocenters. The van der Waals surface area contributed by atoms with Crippen molar-refractivity contribution in [2.45, 2.75) is 32.8 Å². The third-order valence-corrected chi connectivity index (χ3v) is 5.42. The summed E-state index contributed by atoms with van der Waals surface area (Å²) in [7, 11) is -3.24. The topological polar surface area (TPSA) is 43.4 Å². The van der Waals surface area contributed by atoms with Crippen molar-refractivity contribution >= 4 is 10.1 Å². The second-order valence-electron chi connectivity index (χ2n) is 4.68. The molecule has 0 radical (unpaired) electrons. The Kier molecular flexibility index (Phi) is 1.81. The smallest absolute Gasteiger partial charge is 0.263 e. The predicted octanol–water partition coefficient (Wildman–Crippen LogP) is 1.40. The highest BCUT2D eigenvalue weighted by Crippen LogP contribution is 2.51. The Morgan fingerprint density at radius 2 is 2.00 bits per heavy atom. The highest BCUT2D eigenvalue weighted by Gasteiger charge is 2.55. The quantitative estimate of drug-likeness (QED) is 0.560. The van der Waals surface area contributed by atoms with Gasteiger partial charge in [0.15, 0.2) is 0 Å². The van der Waals surface area contributed by atoms with E-state index in [0.29, 0.717) is 17.8 Å². The molecule has 0 N–H and O–H groups in total. The molecule has 2 aliphatic rings. The van der Waals surface area contributed by atoms with Crippen molar-refractivity contribution in [3.8, 4) is 0 Å². The molecule has 2 rings (SSSR count). The molecule has 2 bridgehead atoms. The Balaban J connectivity index is 2.42. The fraction of sp³-hybridized carbons (Fsp3) is 1.00. The maximum Gasteiger partial charge on any atom is 0.268 e. The molecule has 0 aromatic rings. The highest BCUT2D eigenvalue weighted by atomic mass is 32.2. The average Bonchev–Trinajstić information content (AvgIpc) is 2.14. The van der Waals surface area contributed by atoms with E-state index in [2.05, 4.69) is 13.8 Å². The molecule has 0 spiro atoms. The SMILES string of the molecule is CC1CC2CS(=O)(=O)OC1(C)C2C. The van der Waals surface area contributed by atoms with Crippen LogP contribution in [-0.4, -0.2) is 19.8 Å². The average molecular weight is 204 g/mol. The van der Waals surface area contributed by atoms with E-state index >= 15 is 0 Å². The number of rotatable bonds is 0. The summed E-state index contributed by atoms with van der Waals surface area (Å²) in [5.74, 6) is 1.24. The minimum absolute atomic E-state index is 0.216. The number of hydrogen-bond donors (Lipinski definition) is 0. The normalized spacial score (nSPS) is 53.6. The van der Waals surface area contributed by atoms with Crippen LogP contribution in [0, 0.1) is 17.8 Å². The molecule has 2 fully saturated rings. The van der Waals surface area contributed by atoms with Gasteiger partial charge in [-0.05, 0) is 31.1 Å². The van der Waals surface area contributed by atoms with Gasteiger partial charge in [-0.1, -0.05) is 13.8 Å². The van der Waals surface area contributed by atoms with Crippen LogP contribution in [0.25, 0.3) is 0 Å². The van der Waals surface area contributed by atoms with Crippen LogP contribution >= 0.6 is 0 Å². The Morgan fingerprint density at radius 3 is 2.54 bits per heavy atom. The van der Waals surface area contributed by atoms with E-state index in [-0.39, 0.29) is 5.75 Å². The molecule has 0 aromatic heterocycles. The van der Waals surface area contributed by atoms with Crippen molar-refractivity contribution in [2.75, 3.05) is 5.75 Å². The zero-order chi connectivity index (χ0) is 9.85. The highest BCUT2D eigenvalue weighted by molar-refractivity contribution is 7.86. The van der Waals surface area contributed by atoms with E-state index in [9.17, 15) is 8.42 Å². The van der Waals surface area contributed by atoms with Crippen LogP contribution in [-0.2, 0) is 14.3 Å². The lowest BCUT2D eigenvalue weighted by Crippen LogP contribution is -2.45. The van der Waals surface area contributed by atoms with Gasteiger partial charge in [-0.3, -0.25) is 4.18 Å². The Labute approximate surface area is 79.6 Å². The second kappa shape index (κ2) is 2.48. The van der Waals surface area contributed by atoms with E-state index in [0.717, 1.165) is 6.42 Å². The largest absolute Gasteiger partial charge is 0.268 e. The van der Waals surface area contributed by atoms with Crippen LogP contribution in [0.1, 0.15) is 27.2 Å². The molecular formula is C9H16O3S. The second-order valence-corrected chi connectivity index (χ2v) is 6.29. The van der Waals surface area contributed by atoms with Gasteiger partial charge in [-0.2, -0.15) is 8.42 Å². The summed E-state index contributed by atoms with van der Waals surface area (Å²) in [6, 6.07) is 0. The van der Waals surface area contributed by atoms with Gasteiger partial charge in [0.05, 0.1) is 11.4 Å². The lowest BCUT2D eigenvalue weighted by molar-refractivity contribution is 0.0110. The first-order valence-corrected chi connectivity index (χ1v) is 6.36. The summed E-state index contributed by atoms with van der Waals surface area (Å²) in [5.41, 5.74) is -0.443. The Hall–Kier alpha value is -0.0900. The van der Waals surface area contributed by atoms with Gasteiger partial charge in [-0.15, -0.1) is 0 Å². The molecule has 3 nitrogen and oxygen atoms in total. The molecule has 76 valence electrons. The van der Waals surface area contributed by atoms with Gasteiger partial charge >= 0.3 is 0 Å². The van der Waals surface area contributed by atoms with E-state index in [4.69, 9.17) is 4.18 Å². The van der Waals surface area contributed by atoms with Crippen LogP contribution in [0.2, 0.25) is 0 Å². The van der Waals surface area contributed by atoms with Gasteiger partial charge in [0.1, 0.15) is 0 Å².